The van der Waals surface area contributed by atoms with E-state index in [0.29, 0.717) is 0 Å². The number of rotatable bonds is 2. The molecule has 0 radical (unpaired) electrons. The summed E-state index contributed by atoms with van der Waals surface area (Å²) in [6.07, 6.45) is -5.05. The second kappa shape index (κ2) is 4.26. The molecular formula is C10H6F3N3O3. The summed E-state index contributed by atoms with van der Waals surface area (Å²) < 4.78 is 36.3. The van der Waals surface area contributed by atoms with Gasteiger partial charge in [0.1, 0.15) is 0 Å². The number of nitrogens with one attached hydrogen (secondary N) is 2. The minimum Gasteiger partial charge on any atom is -0.478 e. The fraction of sp³-hybridized carbons (Fsp3) is 0.100. The van der Waals surface area contributed by atoms with Crippen molar-refractivity contribution in [2.75, 3.05) is 5.32 Å². The van der Waals surface area contributed by atoms with Crippen LogP contribution in [0.5, 0.6) is 0 Å². The van der Waals surface area contributed by atoms with E-state index in [9.17, 15) is 22.8 Å². The molecule has 0 saturated heterocycles. The summed E-state index contributed by atoms with van der Waals surface area (Å²) >= 11 is 0. The number of aromatic amines is 1. The van der Waals surface area contributed by atoms with Crippen molar-refractivity contribution >= 4 is 28.6 Å². The van der Waals surface area contributed by atoms with E-state index in [2.05, 4.69) is 10.2 Å². The summed E-state index contributed by atoms with van der Waals surface area (Å²) in [6, 6.07) is 3.94. The number of carbonyl (C=O) groups excluding carboxylic acids is 1. The Morgan fingerprint density at radius 2 is 2.00 bits per heavy atom. The van der Waals surface area contributed by atoms with E-state index in [1.807, 2.05) is 0 Å². The number of alkyl halides is 3. The van der Waals surface area contributed by atoms with Gasteiger partial charge in [-0.2, -0.15) is 18.3 Å². The van der Waals surface area contributed by atoms with Crippen molar-refractivity contribution in [2.45, 2.75) is 6.18 Å². The molecule has 1 aromatic heterocycles. The standard InChI is InChI=1S/C10H6F3N3O3/c11-10(12,13)9(19)14-7-4-2-1-3-5(8(17)18)6(4)15-16-7/h1-3H,(H,17,18)(H2,14,15,16,19). The molecule has 0 aliphatic heterocycles. The predicted octanol–water partition coefficient (Wildman–Crippen LogP) is 1.76. The molecular weight excluding hydrogens is 267 g/mol. The molecule has 19 heavy (non-hydrogen) atoms. The van der Waals surface area contributed by atoms with Crippen molar-refractivity contribution in [3.8, 4) is 0 Å². The molecule has 0 bridgehead atoms. The summed E-state index contributed by atoms with van der Waals surface area (Å²) in [5.41, 5.74) is -0.120. The molecule has 2 rings (SSSR count). The maximum Gasteiger partial charge on any atom is 0.471 e. The Kier molecular flexibility index (Phi) is 2.89. The van der Waals surface area contributed by atoms with E-state index >= 15 is 0 Å². The lowest BCUT2D eigenvalue weighted by molar-refractivity contribution is -0.167. The number of carbonyl (C=O) groups is 2. The van der Waals surface area contributed by atoms with Gasteiger partial charge in [-0.3, -0.25) is 9.89 Å². The molecule has 100 valence electrons. The van der Waals surface area contributed by atoms with Crippen LogP contribution in [0.1, 0.15) is 10.4 Å². The number of para-hydroxylation sites is 1. The van der Waals surface area contributed by atoms with Gasteiger partial charge < -0.3 is 10.4 Å². The monoisotopic (exact) mass is 273 g/mol. The Hall–Kier alpha value is -2.58. The first-order valence-corrected chi connectivity index (χ1v) is 4.89. The molecule has 0 saturated carbocycles. The largest absolute Gasteiger partial charge is 0.478 e. The van der Waals surface area contributed by atoms with Crippen LogP contribution in [0.25, 0.3) is 10.9 Å². The highest BCUT2D eigenvalue weighted by molar-refractivity contribution is 6.08. The molecule has 0 fully saturated rings. The van der Waals surface area contributed by atoms with Crippen molar-refractivity contribution in [1.29, 1.82) is 0 Å². The summed E-state index contributed by atoms with van der Waals surface area (Å²) in [7, 11) is 0. The summed E-state index contributed by atoms with van der Waals surface area (Å²) in [4.78, 5) is 21.7. The predicted molar refractivity (Wildman–Crippen MR) is 57.7 cm³/mol. The van der Waals surface area contributed by atoms with Crippen molar-refractivity contribution in [3.63, 3.8) is 0 Å². The van der Waals surface area contributed by atoms with Gasteiger partial charge in [-0.15, -0.1) is 0 Å². The Morgan fingerprint density at radius 1 is 1.32 bits per heavy atom. The van der Waals surface area contributed by atoms with E-state index in [1.165, 1.54) is 18.2 Å². The first kappa shape index (κ1) is 12.9. The smallest absolute Gasteiger partial charge is 0.471 e. The zero-order valence-corrected chi connectivity index (χ0v) is 9.08. The van der Waals surface area contributed by atoms with Crippen LogP contribution >= 0.6 is 0 Å². The Bertz CT molecular complexity index is 663. The van der Waals surface area contributed by atoms with Gasteiger partial charge in [-0.25, -0.2) is 4.79 Å². The summed E-state index contributed by atoms with van der Waals surface area (Å²) in [5.74, 6) is -3.81. The molecule has 3 N–H and O–H groups in total. The number of amides is 1. The third kappa shape index (κ3) is 2.34. The van der Waals surface area contributed by atoms with E-state index < -0.39 is 18.1 Å². The van der Waals surface area contributed by atoms with Crippen LogP contribution in [-0.2, 0) is 4.79 Å². The SMILES string of the molecule is O=C(O)c1cccc2c(NC(=O)C(F)(F)F)n[nH]c12. The minimum atomic E-state index is -5.05. The lowest BCUT2D eigenvalue weighted by Gasteiger charge is -2.05. The number of aromatic nitrogens is 2. The quantitative estimate of drug-likeness (QED) is 0.777. The number of carboxylic acids is 1. The Labute approximate surface area is 103 Å². The third-order valence-electron chi connectivity index (χ3n) is 2.32. The molecule has 2 aromatic rings. The van der Waals surface area contributed by atoms with Gasteiger partial charge in [0, 0.05) is 5.39 Å². The van der Waals surface area contributed by atoms with Crippen LogP contribution in [0.15, 0.2) is 18.2 Å². The number of H-pyrrole nitrogens is 1. The second-order valence-electron chi connectivity index (χ2n) is 3.56. The number of hydrogen-bond acceptors (Lipinski definition) is 3. The molecule has 0 atom stereocenters. The number of fused-ring (bicyclic) bond motifs is 1. The number of hydrogen-bond donors (Lipinski definition) is 3. The first-order valence-electron chi connectivity index (χ1n) is 4.89. The molecule has 1 amide bonds. The van der Waals surface area contributed by atoms with Crippen molar-refractivity contribution in [1.82, 2.24) is 10.2 Å². The number of halogens is 3. The van der Waals surface area contributed by atoms with Crippen LogP contribution in [0, 0.1) is 0 Å². The Morgan fingerprint density at radius 3 is 2.58 bits per heavy atom. The molecule has 1 heterocycles. The van der Waals surface area contributed by atoms with Crippen LogP contribution in [0.4, 0.5) is 19.0 Å². The lowest BCUT2D eigenvalue weighted by atomic mass is 10.1. The van der Waals surface area contributed by atoms with Gasteiger partial charge in [-0.1, -0.05) is 6.07 Å². The highest BCUT2D eigenvalue weighted by atomic mass is 19.4. The van der Waals surface area contributed by atoms with E-state index in [0.717, 1.165) is 0 Å². The van der Waals surface area contributed by atoms with Crippen LogP contribution in [0.2, 0.25) is 0 Å². The first-order chi connectivity index (χ1) is 8.80. The fourth-order valence-electron chi connectivity index (χ4n) is 1.49. The molecule has 9 heteroatoms. The number of aromatic carboxylic acids is 1. The van der Waals surface area contributed by atoms with E-state index in [-0.39, 0.29) is 22.3 Å². The Balaban J connectivity index is 2.45. The van der Waals surface area contributed by atoms with Crippen molar-refractivity contribution < 1.29 is 27.9 Å². The minimum absolute atomic E-state index is 0.0347. The fourth-order valence-corrected chi connectivity index (χ4v) is 1.49. The van der Waals surface area contributed by atoms with Gasteiger partial charge in [0.25, 0.3) is 0 Å². The van der Waals surface area contributed by atoms with Crippen LogP contribution < -0.4 is 5.32 Å². The highest BCUT2D eigenvalue weighted by Gasteiger charge is 2.39. The van der Waals surface area contributed by atoms with Gasteiger partial charge in [0.2, 0.25) is 0 Å². The summed E-state index contributed by atoms with van der Waals surface area (Å²) in [5, 5.41) is 16.3. The number of anilines is 1. The molecule has 1 aromatic carbocycles. The molecule has 0 aliphatic rings. The number of nitrogens with zero attached hydrogens (tertiary/aromatic N) is 1. The maximum absolute atomic E-state index is 12.1. The topological polar surface area (TPSA) is 95.1 Å². The molecule has 0 unspecified atom stereocenters. The average Bonchev–Trinajstić information content (AvgIpc) is 2.71. The molecule has 0 spiro atoms. The van der Waals surface area contributed by atoms with E-state index in [1.54, 1.807) is 5.32 Å². The normalized spacial score (nSPS) is 11.5. The van der Waals surface area contributed by atoms with Crippen molar-refractivity contribution in [3.05, 3.63) is 23.8 Å². The average molecular weight is 273 g/mol. The zero-order chi connectivity index (χ0) is 14.2. The van der Waals surface area contributed by atoms with E-state index in [4.69, 9.17) is 5.11 Å². The highest BCUT2D eigenvalue weighted by Crippen LogP contribution is 2.25. The van der Waals surface area contributed by atoms with Crippen LogP contribution in [-0.4, -0.2) is 33.4 Å². The molecule has 6 nitrogen and oxygen atoms in total. The van der Waals surface area contributed by atoms with Crippen LogP contribution in [0.3, 0.4) is 0 Å². The van der Waals surface area contributed by atoms with Gasteiger partial charge in [0.05, 0.1) is 11.1 Å². The summed E-state index contributed by atoms with van der Waals surface area (Å²) in [6.45, 7) is 0. The van der Waals surface area contributed by atoms with Gasteiger partial charge in [-0.05, 0) is 12.1 Å². The lowest BCUT2D eigenvalue weighted by Crippen LogP contribution is -2.30. The maximum atomic E-state index is 12.1. The number of carboxylic acid groups (broad SMARTS) is 1. The van der Waals surface area contributed by atoms with Gasteiger partial charge >= 0.3 is 18.1 Å². The zero-order valence-electron chi connectivity index (χ0n) is 9.08. The number of benzene rings is 1. The third-order valence-corrected chi connectivity index (χ3v) is 2.32. The molecule has 0 aliphatic carbocycles. The van der Waals surface area contributed by atoms with Crippen molar-refractivity contribution in [2.24, 2.45) is 0 Å². The van der Waals surface area contributed by atoms with Gasteiger partial charge in [0.15, 0.2) is 5.82 Å². The second-order valence-corrected chi connectivity index (χ2v) is 3.56.